The molecule has 1 aromatic heterocycles. The number of rotatable bonds is 6. The number of alkyl halides is 5. The van der Waals surface area contributed by atoms with Gasteiger partial charge in [-0.3, -0.25) is 0 Å². The molecule has 0 aliphatic heterocycles. The number of nitrogens with zero attached hydrogens (tertiary/aromatic N) is 1. The Morgan fingerprint density at radius 1 is 0.935 bits per heavy atom. The number of urea groups is 1. The van der Waals surface area contributed by atoms with Crippen LogP contribution in [0.2, 0.25) is 0 Å². The average molecular weight is 439 g/mol. The van der Waals surface area contributed by atoms with Gasteiger partial charge in [-0.1, -0.05) is 6.07 Å². The molecule has 0 spiro atoms. The average Bonchev–Trinajstić information content (AvgIpc) is 2.70. The second kappa shape index (κ2) is 9.28. The van der Waals surface area contributed by atoms with E-state index in [1.54, 1.807) is 0 Å². The lowest BCUT2D eigenvalue weighted by atomic mass is 10.2. The summed E-state index contributed by atoms with van der Waals surface area (Å²) in [6, 6.07) is 11.6. The minimum absolute atomic E-state index is 0.0787. The van der Waals surface area contributed by atoms with E-state index in [9.17, 15) is 26.7 Å². The first kappa shape index (κ1) is 21.8. The summed E-state index contributed by atoms with van der Waals surface area (Å²) in [5, 5.41) is 4.93. The largest absolute Gasteiger partial charge is 0.437 e. The molecule has 0 aliphatic rings. The molecule has 2 aromatic carbocycles. The summed E-state index contributed by atoms with van der Waals surface area (Å²) in [5.41, 5.74) is -0.522. The van der Waals surface area contributed by atoms with Crippen molar-refractivity contribution in [3.8, 4) is 17.4 Å². The molecule has 0 fully saturated rings. The number of carbonyl (C=O) groups is 1. The minimum Gasteiger partial charge on any atom is -0.437 e. The monoisotopic (exact) mass is 439 g/mol. The molecule has 0 saturated carbocycles. The summed E-state index contributed by atoms with van der Waals surface area (Å²) in [7, 11) is 0. The molecule has 3 rings (SSSR count). The van der Waals surface area contributed by atoms with E-state index in [2.05, 4.69) is 20.4 Å². The molecule has 162 valence electrons. The van der Waals surface area contributed by atoms with Crippen molar-refractivity contribution in [2.24, 2.45) is 0 Å². The summed E-state index contributed by atoms with van der Waals surface area (Å²) in [4.78, 5) is 16.2. The predicted molar refractivity (Wildman–Crippen MR) is 101 cm³/mol. The molecule has 0 unspecified atom stereocenters. The minimum atomic E-state index is -4.54. The maximum atomic E-state index is 12.9. The number of ether oxygens (including phenoxy) is 2. The van der Waals surface area contributed by atoms with Crippen molar-refractivity contribution in [3.05, 3.63) is 72.4 Å². The van der Waals surface area contributed by atoms with Crippen LogP contribution in [-0.2, 0) is 6.18 Å². The summed E-state index contributed by atoms with van der Waals surface area (Å²) >= 11 is 0. The summed E-state index contributed by atoms with van der Waals surface area (Å²) in [6.45, 7) is -2.97. The van der Waals surface area contributed by atoms with Crippen LogP contribution in [-0.4, -0.2) is 17.6 Å². The molecule has 0 bridgehead atoms. The molecule has 0 saturated heterocycles. The number of hydrogen-bond donors (Lipinski definition) is 2. The fourth-order valence-corrected chi connectivity index (χ4v) is 2.42. The zero-order valence-corrected chi connectivity index (χ0v) is 15.5. The number of hydrogen-bond acceptors (Lipinski definition) is 4. The van der Waals surface area contributed by atoms with Crippen LogP contribution in [0.5, 0.6) is 17.4 Å². The van der Waals surface area contributed by atoms with Gasteiger partial charge in [-0.2, -0.15) is 22.0 Å². The van der Waals surface area contributed by atoms with Gasteiger partial charge in [0.15, 0.2) is 0 Å². The molecule has 2 N–H and O–H groups in total. The second-order valence-corrected chi connectivity index (χ2v) is 5.97. The van der Waals surface area contributed by atoms with Crippen molar-refractivity contribution in [2.45, 2.75) is 12.8 Å². The first-order valence-corrected chi connectivity index (χ1v) is 8.64. The van der Waals surface area contributed by atoms with Gasteiger partial charge in [0.1, 0.15) is 17.2 Å². The number of amides is 2. The number of carbonyl (C=O) groups excluding carboxylic acids is 1. The Kier molecular flexibility index (Phi) is 6.53. The maximum absolute atomic E-state index is 12.9. The Hall–Kier alpha value is -3.89. The van der Waals surface area contributed by atoms with E-state index in [0.29, 0.717) is 0 Å². The molecular weight excluding hydrogens is 425 g/mol. The van der Waals surface area contributed by atoms with Crippen LogP contribution in [0.4, 0.5) is 38.1 Å². The molecule has 0 atom stereocenters. The molecular formula is C20H14F5N3O3. The topological polar surface area (TPSA) is 72.5 Å². The third-order valence-corrected chi connectivity index (χ3v) is 3.73. The van der Waals surface area contributed by atoms with Crippen molar-refractivity contribution >= 4 is 17.4 Å². The van der Waals surface area contributed by atoms with Crippen LogP contribution >= 0.6 is 0 Å². The van der Waals surface area contributed by atoms with Crippen molar-refractivity contribution < 1.29 is 36.2 Å². The van der Waals surface area contributed by atoms with Crippen LogP contribution in [0.15, 0.2) is 66.9 Å². The number of nitrogens with one attached hydrogen (secondary N) is 2. The lowest BCUT2D eigenvalue weighted by Crippen LogP contribution is -2.20. The summed E-state index contributed by atoms with van der Waals surface area (Å²) in [5.74, 6) is -0.325. The number of anilines is 2. The predicted octanol–water partition coefficient (Wildman–Crippen LogP) is 6.14. The molecule has 0 aliphatic carbocycles. The van der Waals surface area contributed by atoms with Crippen LogP contribution in [0.25, 0.3) is 0 Å². The van der Waals surface area contributed by atoms with E-state index in [0.717, 1.165) is 12.1 Å². The van der Waals surface area contributed by atoms with E-state index < -0.39 is 24.4 Å². The Morgan fingerprint density at radius 2 is 1.68 bits per heavy atom. The normalized spacial score (nSPS) is 11.2. The van der Waals surface area contributed by atoms with Gasteiger partial charge in [-0.15, -0.1) is 0 Å². The molecule has 2 amide bonds. The van der Waals surface area contributed by atoms with Gasteiger partial charge in [0.25, 0.3) is 0 Å². The van der Waals surface area contributed by atoms with Crippen LogP contribution in [0, 0.1) is 0 Å². The van der Waals surface area contributed by atoms with Crippen molar-refractivity contribution in [2.75, 3.05) is 10.6 Å². The number of pyridine rings is 1. The smallest absolute Gasteiger partial charge is 0.416 e. The quantitative estimate of drug-likeness (QED) is 0.453. The number of benzene rings is 2. The summed E-state index contributed by atoms with van der Waals surface area (Å²) in [6.07, 6.45) is -3.20. The Bertz CT molecular complexity index is 1040. The van der Waals surface area contributed by atoms with Gasteiger partial charge < -0.3 is 20.1 Å². The lowest BCUT2D eigenvalue weighted by Gasteiger charge is -2.13. The zero-order chi connectivity index (χ0) is 22.4. The molecule has 3 aromatic rings. The standard InChI is InChI=1S/C20H14F5N3O3/c21-18(22)31-14-8-6-13(7-9-14)27-19(29)28-16-5-2-10-26-17(16)30-15-4-1-3-12(11-15)20(23,24)25/h1-11,18H,(H2,27,28,29). The molecule has 1 heterocycles. The van der Waals surface area contributed by atoms with Crippen molar-refractivity contribution in [3.63, 3.8) is 0 Å². The first-order valence-electron chi connectivity index (χ1n) is 8.64. The fraction of sp³-hybridized carbons (Fsp3) is 0.100. The van der Waals surface area contributed by atoms with Gasteiger partial charge >= 0.3 is 18.8 Å². The van der Waals surface area contributed by atoms with Crippen LogP contribution < -0.4 is 20.1 Å². The Labute approximate surface area is 172 Å². The molecule has 0 radical (unpaired) electrons. The highest BCUT2D eigenvalue weighted by Crippen LogP contribution is 2.33. The first-order chi connectivity index (χ1) is 14.7. The van der Waals surface area contributed by atoms with E-state index in [4.69, 9.17) is 4.74 Å². The van der Waals surface area contributed by atoms with Crippen molar-refractivity contribution in [1.82, 2.24) is 4.98 Å². The molecule has 6 nitrogen and oxygen atoms in total. The fourth-order valence-electron chi connectivity index (χ4n) is 2.42. The molecule has 31 heavy (non-hydrogen) atoms. The van der Waals surface area contributed by atoms with Gasteiger partial charge in [0, 0.05) is 11.9 Å². The lowest BCUT2D eigenvalue weighted by molar-refractivity contribution is -0.137. The maximum Gasteiger partial charge on any atom is 0.416 e. The van der Waals surface area contributed by atoms with E-state index in [1.165, 1.54) is 54.7 Å². The highest BCUT2D eigenvalue weighted by molar-refractivity contribution is 6.00. The highest BCUT2D eigenvalue weighted by atomic mass is 19.4. The second-order valence-electron chi connectivity index (χ2n) is 5.97. The number of halogens is 5. The zero-order valence-electron chi connectivity index (χ0n) is 15.5. The van der Waals surface area contributed by atoms with Crippen LogP contribution in [0.3, 0.4) is 0 Å². The third kappa shape index (κ3) is 6.29. The third-order valence-electron chi connectivity index (χ3n) is 3.73. The highest BCUT2D eigenvalue weighted by Gasteiger charge is 2.30. The Morgan fingerprint density at radius 3 is 2.35 bits per heavy atom. The van der Waals surface area contributed by atoms with Crippen molar-refractivity contribution in [1.29, 1.82) is 0 Å². The molecule has 11 heteroatoms. The van der Waals surface area contributed by atoms with Gasteiger partial charge in [0.05, 0.1) is 5.56 Å². The van der Waals surface area contributed by atoms with Gasteiger partial charge in [0.2, 0.25) is 5.88 Å². The summed E-state index contributed by atoms with van der Waals surface area (Å²) < 4.78 is 72.6. The van der Waals surface area contributed by atoms with Gasteiger partial charge in [-0.25, -0.2) is 9.78 Å². The SMILES string of the molecule is O=C(Nc1ccc(OC(F)F)cc1)Nc1cccnc1Oc1cccc(C(F)(F)F)c1. The Balaban J connectivity index is 1.68. The van der Waals surface area contributed by atoms with E-state index in [-0.39, 0.29) is 28.8 Å². The van der Waals surface area contributed by atoms with E-state index in [1.807, 2.05) is 0 Å². The van der Waals surface area contributed by atoms with E-state index >= 15 is 0 Å². The van der Waals surface area contributed by atoms with Crippen LogP contribution in [0.1, 0.15) is 5.56 Å². The van der Waals surface area contributed by atoms with Gasteiger partial charge in [-0.05, 0) is 54.6 Å². The number of aromatic nitrogens is 1.